The van der Waals surface area contributed by atoms with Crippen molar-refractivity contribution in [1.29, 1.82) is 0 Å². The van der Waals surface area contributed by atoms with Gasteiger partial charge in [-0.2, -0.15) is 0 Å². The van der Waals surface area contributed by atoms with Crippen LogP contribution in [0.5, 0.6) is 5.75 Å². The Hall–Kier alpha value is -2.47. The van der Waals surface area contributed by atoms with Gasteiger partial charge in [-0.05, 0) is 37.4 Å². The topological polar surface area (TPSA) is 63.3 Å². The molecule has 0 spiro atoms. The van der Waals surface area contributed by atoms with Gasteiger partial charge in [-0.3, -0.25) is 4.79 Å². The molecular weight excluding hydrogens is 297 g/mol. The van der Waals surface area contributed by atoms with Crippen molar-refractivity contribution >= 4 is 6.41 Å². The van der Waals surface area contributed by atoms with E-state index in [9.17, 15) is 9.18 Å². The number of fused-ring (bicyclic) bond motifs is 1. The van der Waals surface area contributed by atoms with Gasteiger partial charge in [0.1, 0.15) is 18.1 Å². The number of hydrogen-bond acceptors (Lipinski definition) is 4. The summed E-state index contributed by atoms with van der Waals surface area (Å²) in [5.74, 6) is 0.363. The van der Waals surface area contributed by atoms with Crippen molar-refractivity contribution in [1.82, 2.24) is 15.6 Å². The van der Waals surface area contributed by atoms with E-state index in [0.29, 0.717) is 24.5 Å². The molecule has 0 saturated carbocycles. The molecule has 0 radical (unpaired) electrons. The molecule has 0 bridgehead atoms. The molecule has 1 aromatic heterocycles. The zero-order valence-corrected chi connectivity index (χ0v) is 12.8. The lowest BCUT2D eigenvalue weighted by atomic mass is 10.0. The summed E-state index contributed by atoms with van der Waals surface area (Å²) < 4.78 is 18.9. The summed E-state index contributed by atoms with van der Waals surface area (Å²) in [6.45, 7) is 1.17. The molecule has 1 aliphatic rings. The van der Waals surface area contributed by atoms with Gasteiger partial charge in [-0.25, -0.2) is 9.37 Å². The molecule has 2 heterocycles. The zero-order chi connectivity index (χ0) is 16.2. The van der Waals surface area contributed by atoms with E-state index in [4.69, 9.17) is 4.74 Å². The Labute approximate surface area is 133 Å². The monoisotopic (exact) mass is 315 g/mol. The smallest absolute Gasteiger partial charge is 0.207 e. The second kappa shape index (κ2) is 6.75. The van der Waals surface area contributed by atoms with Crippen molar-refractivity contribution in [2.45, 2.75) is 12.5 Å². The molecule has 0 fully saturated rings. The largest absolute Gasteiger partial charge is 0.488 e. The SMILES string of the molecule is CNCCc1cc2c(c(-c3ccc(F)cc3)n1)OCC2NC=O. The fraction of sp³-hybridized carbons (Fsp3) is 0.294. The van der Waals surface area contributed by atoms with Crippen molar-refractivity contribution in [3.05, 3.63) is 47.4 Å². The summed E-state index contributed by atoms with van der Waals surface area (Å²) in [5, 5.41) is 5.86. The van der Waals surface area contributed by atoms with E-state index in [0.717, 1.165) is 29.8 Å². The highest BCUT2D eigenvalue weighted by atomic mass is 19.1. The van der Waals surface area contributed by atoms with Crippen LogP contribution in [0.25, 0.3) is 11.3 Å². The number of carbonyl (C=O) groups excluding carboxylic acids is 1. The Morgan fingerprint density at radius 2 is 2.17 bits per heavy atom. The van der Waals surface area contributed by atoms with Crippen LogP contribution < -0.4 is 15.4 Å². The predicted octanol–water partition coefficient (Wildman–Crippen LogP) is 1.83. The van der Waals surface area contributed by atoms with E-state index >= 15 is 0 Å². The first-order valence-electron chi connectivity index (χ1n) is 7.49. The minimum absolute atomic E-state index is 0.182. The van der Waals surface area contributed by atoms with E-state index in [1.807, 2.05) is 13.1 Å². The van der Waals surface area contributed by atoms with Crippen LogP contribution in [0, 0.1) is 5.82 Å². The zero-order valence-electron chi connectivity index (χ0n) is 12.8. The van der Waals surface area contributed by atoms with Gasteiger partial charge in [0.15, 0.2) is 5.75 Å². The van der Waals surface area contributed by atoms with E-state index in [2.05, 4.69) is 15.6 Å². The summed E-state index contributed by atoms with van der Waals surface area (Å²) in [6.07, 6.45) is 1.43. The number of rotatable bonds is 6. The Morgan fingerprint density at radius 1 is 1.39 bits per heavy atom. The lowest BCUT2D eigenvalue weighted by molar-refractivity contribution is -0.110. The van der Waals surface area contributed by atoms with Crippen LogP contribution >= 0.6 is 0 Å². The van der Waals surface area contributed by atoms with Gasteiger partial charge in [0, 0.05) is 29.8 Å². The van der Waals surface area contributed by atoms with Crippen molar-refractivity contribution in [2.24, 2.45) is 0 Å². The first-order chi connectivity index (χ1) is 11.2. The average molecular weight is 315 g/mol. The molecule has 1 aliphatic heterocycles. The number of nitrogens with one attached hydrogen (secondary N) is 2. The highest BCUT2D eigenvalue weighted by Crippen LogP contribution is 2.40. The van der Waals surface area contributed by atoms with Gasteiger partial charge in [0.2, 0.25) is 6.41 Å². The van der Waals surface area contributed by atoms with E-state index < -0.39 is 0 Å². The highest BCUT2D eigenvalue weighted by Gasteiger charge is 2.28. The minimum Gasteiger partial charge on any atom is -0.488 e. The Balaban J connectivity index is 2.06. The molecule has 0 aliphatic carbocycles. The van der Waals surface area contributed by atoms with E-state index in [1.165, 1.54) is 12.1 Å². The van der Waals surface area contributed by atoms with Crippen LogP contribution in [0.15, 0.2) is 30.3 Å². The van der Waals surface area contributed by atoms with Crippen molar-refractivity contribution in [3.8, 4) is 17.0 Å². The van der Waals surface area contributed by atoms with Crippen molar-refractivity contribution in [2.75, 3.05) is 20.2 Å². The first-order valence-corrected chi connectivity index (χ1v) is 7.49. The standard InChI is InChI=1S/C17H18FN3O2/c1-19-7-6-13-8-14-15(20-10-22)9-23-17(14)16(21-13)11-2-4-12(18)5-3-11/h2-5,8,10,15,19H,6-7,9H2,1H3,(H,20,22). The summed E-state index contributed by atoms with van der Waals surface area (Å²) >= 11 is 0. The van der Waals surface area contributed by atoms with Crippen LogP contribution in [-0.4, -0.2) is 31.6 Å². The fourth-order valence-corrected chi connectivity index (χ4v) is 2.68. The molecule has 1 atom stereocenters. The molecule has 23 heavy (non-hydrogen) atoms. The van der Waals surface area contributed by atoms with Crippen molar-refractivity contribution < 1.29 is 13.9 Å². The summed E-state index contributed by atoms with van der Waals surface area (Å²) in [5.41, 5.74) is 3.29. The number of pyridine rings is 1. The van der Waals surface area contributed by atoms with Crippen molar-refractivity contribution in [3.63, 3.8) is 0 Å². The summed E-state index contributed by atoms with van der Waals surface area (Å²) in [6, 6.07) is 7.96. The van der Waals surface area contributed by atoms with Crippen LogP contribution in [0.1, 0.15) is 17.3 Å². The third-order valence-corrected chi connectivity index (χ3v) is 3.84. The summed E-state index contributed by atoms with van der Waals surface area (Å²) in [7, 11) is 1.88. The third kappa shape index (κ3) is 3.17. The van der Waals surface area contributed by atoms with E-state index in [1.54, 1.807) is 12.1 Å². The maximum absolute atomic E-state index is 13.2. The first kappa shape index (κ1) is 15.4. The molecule has 120 valence electrons. The van der Waals surface area contributed by atoms with Gasteiger partial charge in [-0.15, -0.1) is 0 Å². The van der Waals surface area contributed by atoms with Gasteiger partial charge in [-0.1, -0.05) is 0 Å². The van der Waals surface area contributed by atoms with Gasteiger partial charge < -0.3 is 15.4 Å². The number of halogens is 1. The molecule has 1 aromatic carbocycles. The molecule has 3 rings (SSSR count). The molecule has 1 amide bonds. The number of amides is 1. The maximum Gasteiger partial charge on any atom is 0.207 e. The molecule has 0 saturated heterocycles. The molecule has 1 unspecified atom stereocenters. The minimum atomic E-state index is -0.293. The number of nitrogens with zero attached hydrogens (tertiary/aromatic N) is 1. The normalized spacial score (nSPS) is 15.8. The maximum atomic E-state index is 13.2. The fourth-order valence-electron chi connectivity index (χ4n) is 2.68. The van der Waals surface area contributed by atoms with E-state index in [-0.39, 0.29) is 11.9 Å². The van der Waals surface area contributed by atoms with Gasteiger partial charge in [0.05, 0.1) is 6.04 Å². The van der Waals surface area contributed by atoms with Crippen LogP contribution in [0.3, 0.4) is 0 Å². The van der Waals surface area contributed by atoms with Crippen LogP contribution in [0.2, 0.25) is 0 Å². The quantitative estimate of drug-likeness (QED) is 0.798. The van der Waals surface area contributed by atoms with Crippen LogP contribution in [0.4, 0.5) is 4.39 Å². The average Bonchev–Trinajstić information content (AvgIpc) is 2.96. The Kier molecular flexibility index (Phi) is 4.52. The highest BCUT2D eigenvalue weighted by molar-refractivity contribution is 5.70. The number of likely N-dealkylation sites (N-methyl/N-ethyl adjacent to an activating group) is 1. The molecule has 2 aromatic rings. The number of aromatic nitrogens is 1. The Morgan fingerprint density at radius 3 is 2.87 bits per heavy atom. The lowest BCUT2D eigenvalue weighted by Crippen LogP contribution is -2.20. The Bertz CT molecular complexity index is 704. The van der Waals surface area contributed by atoms with Crippen LogP contribution in [-0.2, 0) is 11.2 Å². The molecule has 5 nitrogen and oxygen atoms in total. The third-order valence-electron chi connectivity index (χ3n) is 3.84. The second-order valence-corrected chi connectivity index (χ2v) is 5.39. The number of carbonyl (C=O) groups is 1. The molecule has 2 N–H and O–H groups in total. The number of benzene rings is 1. The van der Waals surface area contributed by atoms with Gasteiger partial charge >= 0.3 is 0 Å². The predicted molar refractivity (Wildman–Crippen MR) is 84.7 cm³/mol. The number of ether oxygens (including phenoxy) is 1. The van der Waals surface area contributed by atoms with Gasteiger partial charge in [0.25, 0.3) is 0 Å². The molecular formula is C17H18FN3O2. The number of hydrogen-bond donors (Lipinski definition) is 2. The second-order valence-electron chi connectivity index (χ2n) is 5.39. The lowest BCUT2D eigenvalue weighted by Gasteiger charge is -2.12. The summed E-state index contributed by atoms with van der Waals surface area (Å²) in [4.78, 5) is 15.5. The molecule has 6 heteroatoms.